The zero-order chi connectivity index (χ0) is 11.4. The summed E-state index contributed by atoms with van der Waals surface area (Å²) in [6, 6.07) is 3.66. The average Bonchev–Trinajstić information content (AvgIpc) is 2.19. The summed E-state index contributed by atoms with van der Waals surface area (Å²) in [5, 5.41) is 8.58. The van der Waals surface area contributed by atoms with Crippen LogP contribution in [0.5, 0.6) is 0 Å². The van der Waals surface area contributed by atoms with Crippen molar-refractivity contribution in [2.75, 3.05) is 0 Å². The van der Waals surface area contributed by atoms with Crippen LogP contribution in [0.1, 0.15) is 12.0 Å². The third-order valence-electron chi connectivity index (χ3n) is 2.07. The molecule has 82 valence electrons. The number of carboxylic acids is 1. The van der Waals surface area contributed by atoms with Crippen LogP contribution in [0, 0.1) is 5.82 Å². The first-order chi connectivity index (χ1) is 7.02. The molecule has 0 radical (unpaired) electrons. The third kappa shape index (κ3) is 3.18. The van der Waals surface area contributed by atoms with Crippen molar-refractivity contribution in [1.82, 2.24) is 0 Å². The molecule has 1 aromatic carbocycles. The minimum Gasteiger partial charge on any atom is -0.480 e. The largest absolute Gasteiger partial charge is 0.480 e. The second kappa shape index (κ2) is 5.09. The lowest BCUT2D eigenvalue weighted by atomic mass is 10.1. The quantitative estimate of drug-likeness (QED) is 0.831. The molecule has 0 aromatic heterocycles. The van der Waals surface area contributed by atoms with Crippen LogP contribution in [0.15, 0.2) is 18.2 Å². The molecule has 1 aromatic rings. The number of aryl methyl sites for hydroxylation is 1. The van der Waals surface area contributed by atoms with Gasteiger partial charge in [-0.15, -0.1) is 0 Å². The van der Waals surface area contributed by atoms with E-state index < -0.39 is 17.8 Å². The van der Waals surface area contributed by atoms with Gasteiger partial charge in [-0.25, -0.2) is 4.39 Å². The van der Waals surface area contributed by atoms with Crippen LogP contribution in [-0.4, -0.2) is 17.1 Å². The van der Waals surface area contributed by atoms with E-state index in [1.54, 1.807) is 12.1 Å². The van der Waals surface area contributed by atoms with Gasteiger partial charge in [0.2, 0.25) is 0 Å². The van der Waals surface area contributed by atoms with E-state index >= 15 is 0 Å². The second-order valence-electron chi connectivity index (χ2n) is 3.20. The molecule has 0 aliphatic rings. The first-order valence-electron chi connectivity index (χ1n) is 4.43. The molecule has 0 amide bonds. The lowest BCUT2D eigenvalue weighted by Gasteiger charge is -2.07. The monoisotopic (exact) mass is 231 g/mol. The number of benzene rings is 1. The Morgan fingerprint density at radius 3 is 2.87 bits per heavy atom. The Morgan fingerprint density at radius 1 is 1.60 bits per heavy atom. The molecule has 0 saturated carbocycles. The van der Waals surface area contributed by atoms with E-state index in [0.29, 0.717) is 5.56 Å². The number of nitrogens with two attached hydrogens (primary N) is 1. The van der Waals surface area contributed by atoms with Crippen molar-refractivity contribution in [3.05, 3.63) is 34.6 Å². The predicted octanol–water partition coefficient (Wildman–Crippen LogP) is 1.82. The molecular weight excluding hydrogens is 221 g/mol. The fraction of sp³-hybridized carbons (Fsp3) is 0.300. The summed E-state index contributed by atoms with van der Waals surface area (Å²) < 4.78 is 13.3. The lowest BCUT2D eigenvalue weighted by Crippen LogP contribution is -2.30. The van der Waals surface area contributed by atoms with Crippen LogP contribution in [0.4, 0.5) is 4.39 Å². The van der Waals surface area contributed by atoms with E-state index in [-0.39, 0.29) is 17.9 Å². The zero-order valence-corrected chi connectivity index (χ0v) is 8.67. The van der Waals surface area contributed by atoms with Gasteiger partial charge in [-0.2, -0.15) is 0 Å². The summed E-state index contributed by atoms with van der Waals surface area (Å²) in [5.41, 5.74) is 5.69. The molecule has 3 nitrogen and oxygen atoms in total. The van der Waals surface area contributed by atoms with Gasteiger partial charge in [-0.3, -0.25) is 4.79 Å². The summed E-state index contributed by atoms with van der Waals surface area (Å²) in [6.45, 7) is 0. The van der Waals surface area contributed by atoms with Crippen molar-refractivity contribution in [3.8, 4) is 0 Å². The molecule has 0 unspecified atom stereocenters. The Kier molecular flexibility index (Phi) is 4.05. The Morgan fingerprint density at radius 2 is 2.27 bits per heavy atom. The van der Waals surface area contributed by atoms with Gasteiger partial charge >= 0.3 is 5.97 Å². The van der Waals surface area contributed by atoms with Gasteiger partial charge in [0.1, 0.15) is 11.9 Å². The average molecular weight is 232 g/mol. The molecule has 0 fully saturated rings. The molecule has 5 heteroatoms. The number of carbonyl (C=O) groups is 1. The van der Waals surface area contributed by atoms with Gasteiger partial charge in [0.05, 0.1) is 5.02 Å². The van der Waals surface area contributed by atoms with E-state index in [1.165, 1.54) is 6.07 Å². The fourth-order valence-corrected chi connectivity index (χ4v) is 1.37. The summed E-state index contributed by atoms with van der Waals surface area (Å²) in [6.07, 6.45) is 0.451. The molecule has 0 heterocycles. The summed E-state index contributed by atoms with van der Waals surface area (Å²) in [5.74, 6) is -1.59. The van der Waals surface area contributed by atoms with Gasteiger partial charge in [0.15, 0.2) is 0 Å². The maximum Gasteiger partial charge on any atom is 0.320 e. The molecule has 1 rings (SSSR count). The van der Waals surface area contributed by atoms with Crippen molar-refractivity contribution < 1.29 is 14.3 Å². The maximum atomic E-state index is 13.3. The molecule has 1 atom stereocenters. The van der Waals surface area contributed by atoms with Crippen molar-refractivity contribution >= 4 is 17.6 Å². The molecule has 0 saturated heterocycles. The number of hydrogen-bond donors (Lipinski definition) is 2. The maximum absolute atomic E-state index is 13.3. The Balaban J connectivity index is 2.66. The molecule has 0 spiro atoms. The van der Waals surface area contributed by atoms with Crippen LogP contribution < -0.4 is 5.73 Å². The van der Waals surface area contributed by atoms with Crippen LogP contribution in [0.3, 0.4) is 0 Å². The molecule has 3 N–H and O–H groups in total. The van der Waals surface area contributed by atoms with Crippen molar-refractivity contribution in [1.29, 1.82) is 0 Å². The van der Waals surface area contributed by atoms with Crippen molar-refractivity contribution in [3.63, 3.8) is 0 Å². The number of aliphatic carboxylic acids is 1. The summed E-state index contributed by atoms with van der Waals surface area (Å²) >= 11 is 5.57. The smallest absolute Gasteiger partial charge is 0.320 e. The Bertz CT molecular complexity index is 370. The van der Waals surface area contributed by atoms with Crippen LogP contribution in [0.25, 0.3) is 0 Å². The van der Waals surface area contributed by atoms with Crippen LogP contribution in [-0.2, 0) is 11.2 Å². The third-order valence-corrected chi connectivity index (χ3v) is 2.37. The highest BCUT2D eigenvalue weighted by atomic mass is 35.5. The first kappa shape index (κ1) is 11.9. The molecule has 0 aliphatic heterocycles. The Hall–Kier alpha value is -1.13. The minimum atomic E-state index is -1.09. The fourth-order valence-electron chi connectivity index (χ4n) is 1.18. The number of rotatable bonds is 4. The summed E-state index contributed by atoms with van der Waals surface area (Å²) in [7, 11) is 0. The van der Waals surface area contributed by atoms with Crippen molar-refractivity contribution in [2.45, 2.75) is 18.9 Å². The first-order valence-corrected chi connectivity index (χ1v) is 4.81. The van der Waals surface area contributed by atoms with Gasteiger partial charge in [0, 0.05) is 0 Å². The highest BCUT2D eigenvalue weighted by Gasteiger charge is 2.13. The minimum absolute atomic E-state index is 0.0383. The molecule has 15 heavy (non-hydrogen) atoms. The SMILES string of the molecule is N[C@@H](CCc1cccc(Cl)c1F)C(=O)O. The van der Waals surface area contributed by atoms with Crippen LogP contribution >= 0.6 is 11.6 Å². The number of hydrogen-bond acceptors (Lipinski definition) is 2. The highest BCUT2D eigenvalue weighted by molar-refractivity contribution is 6.30. The van der Waals surface area contributed by atoms with Gasteiger partial charge in [0.25, 0.3) is 0 Å². The van der Waals surface area contributed by atoms with E-state index in [1.807, 2.05) is 0 Å². The molecule has 0 bridgehead atoms. The normalized spacial score (nSPS) is 12.5. The summed E-state index contributed by atoms with van der Waals surface area (Å²) in [4.78, 5) is 10.4. The Labute approximate surface area is 91.7 Å². The highest BCUT2D eigenvalue weighted by Crippen LogP contribution is 2.19. The zero-order valence-electron chi connectivity index (χ0n) is 7.91. The predicted molar refractivity (Wildman–Crippen MR) is 55.3 cm³/mol. The second-order valence-corrected chi connectivity index (χ2v) is 3.60. The van der Waals surface area contributed by atoms with E-state index in [4.69, 9.17) is 22.4 Å². The van der Waals surface area contributed by atoms with Gasteiger partial charge in [-0.05, 0) is 24.5 Å². The van der Waals surface area contributed by atoms with E-state index in [9.17, 15) is 9.18 Å². The lowest BCUT2D eigenvalue weighted by molar-refractivity contribution is -0.138. The van der Waals surface area contributed by atoms with E-state index in [0.717, 1.165) is 0 Å². The topological polar surface area (TPSA) is 63.3 Å². The number of halogens is 2. The number of carboxylic acid groups (broad SMARTS) is 1. The van der Waals surface area contributed by atoms with E-state index in [2.05, 4.69) is 0 Å². The van der Waals surface area contributed by atoms with Gasteiger partial charge in [-0.1, -0.05) is 23.7 Å². The standard InChI is InChI=1S/C10H11ClFNO2/c11-7-3-1-2-6(9(7)12)4-5-8(13)10(14)15/h1-3,8H,4-5,13H2,(H,14,15)/t8-/m0/s1. The van der Waals surface area contributed by atoms with Crippen LogP contribution in [0.2, 0.25) is 5.02 Å². The van der Waals surface area contributed by atoms with Gasteiger partial charge < -0.3 is 10.8 Å². The van der Waals surface area contributed by atoms with Crippen molar-refractivity contribution in [2.24, 2.45) is 5.73 Å². The molecular formula is C10H11ClFNO2. The molecule has 0 aliphatic carbocycles.